The summed E-state index contributed by atoms with van der Waals surface area (Å²) in [4.78, 5) is 13.6. The number of sulfonamides is 1. The molecule has 0 atom stereocenters. The number of nitrogens with zero attached hydrogens (tertiary/aromatic N) is 1. The maximum Gasteiger partial charge on any atom is 0.269 e. The fourth-order valence-electron chi connectivity index (χ4n) is 1.76. The van der Waals surface area contributed by atoms with Crippen molar-refractivity contribution in [2.45, 2.75) is 18.7 Å². The first-order valence-corrected chi connectivity index (χ1v) is 7.34. The van der Waals surface area contributed by atoms with Crippen LogP contribution < -0.4 is 10.3 Å². The third-order valence-corrected chi connectivity index (χ3v) is 4.18. The van der Waals surface area contributed by atoms with Crippen molar-refractivity contribution in [2.75, 3.05) is 0 Å². The van der Waals surface area contributed by atoms with Crippen LogP contribution in [0.25, 0.3) is 0 Å². The van der Waals surface area contributed by atoms with E-state index in [4.69, 9.17) is 4.52 Å². The molecule has 9 heteroatoms. The number of para-hydroxylation sites is 1. The number of aromatic nitrogens is 1. The summed E-state index contributed by atoms with van der Waals surface area (Å²) >= 11 is 0. The fourth-order valence-corrected chi connectivity index (χ4v) is 2.93. The number of hydrogen-bond acceptors (Lipinski definition) is 6. The van der Waals surface area contributed by atoms with Crippen molar-refractivity contribution in [2.24, 2.45) is 0 Å². The van der Waals surface area contributed by atoms with Gasteiger partial charge in [-0.1, -0.05) is 17.3 Å². The highest BCUT2D eigenvalue weighted by Gasteiger charge is 2.25. The van der Waals surface area contributed by atoms with E-state index in [0.29, 0.717) is 0 Å². The summed E-state index contributed by atoms with van der Waals surface area (Å²) in [5, 5.41) is 13.1. The number of rotatable bonds is 4. The molecule has 2 rings (SSSR count). The fraction of sp³-hybridized carbons (Fsp3) is 0.167. The summed E-state index contributed by atoms with van der Waals surface area (Å²) in [5.41, 5.74) is 2.14. The van der Waals surface area contributed by atoms with Gasteiger partial charge in [0, 0.05) is 0 Å². The Morgan fingerprint density at radius 2 is 1.95 bits per heavy atom. The van der Waals surface area contributed by atoms with Gasteiger partial charge >= 0.3 is 0 Å². The highest BCUT2D eigenvalue weighted by Crippen LogP contribution is 2.18. The molecule has 21 heavy (non-hydrogen) atoms. The Bertz CT molecular complexity index is 762. The first kappa shape index (κ1) is 15.0. The second kappa shape index (κ2) is 5.54. The number of aryl methyl sites for hydroxylation is 2. The lowest BCUT2D eigenvalue weighted by Crippen LogP contribution is -2.41. The molecule has 1 aromatic heterocycles. The van der Waals surface area contributed by atoms with E-state index in [1.165, 1.54) is 32.0 Å². The number of aromatic hydroxyl groups is 1. The summed E-state index contributed by atoms with van der Waals surface area (Å²) in [6.45, 7) is 2.91. The molecule has 1 amide bonds. The first-order valence-electron chi connectivity index (χ1n) is 5.86. The predicted molar refractivity (Wildman–Crippen MR) is 71.9 cm³/mol. The molecule has 0 aliphatic carbocycles. The van der Waals surface area contributed by atoms with Crippen molar-refractivity contribution in [3.8, 4) is 5.75 Å². The van der Waals surface area contributed by atoms with Gasteiger partial charge in [-0.15, -0.1) is 4.83 Å². The second-order valence-corrected chi connectivity index (χ2v) is 5.85. The van der Waals surface area contributed by atoms with Crippen molar-refractivity contribution in [1.29, 1.82) is 0 Å². The maximum absolute atomic E-state index is 12.1. The quantitative estimate of drug-likeness (QED) is 0.712. The molecule has 112 valence electrons. The van der Waals surface area contributed by atoms with Crippen LogP contribution in [0.1, 0.15) is 21.8 Å². The van der Waals surface area contributed by atoms with Gasteiger partial charge in [-0.25, -0.2) is 8.42 Å². The van der Waals surface area contributed by atoms with E-state index < -0.39 is 15.9 Å². The molecule has 0 bridgehead atoms. The number of carbonyl (C=O) groups is 1. The van der Waals surface area contributed by atoms with Crippen molar-refractivity contribution in [3.63, 3.8) is 0 Å². The van der Waals surface area contributed by atoms with Gasteiger partial charge in [0.25, 0.3) is 15.9 Å². The molecule has 1 aromatic carbocycles. The topological polar surface area (TPSA) is 122 Å². The zero-order valence-electron chi connectivity index (χ0n) is 11.2. The zero-order chi connectivity index (χ0) is 15.6. The van der Waals surface area contributed by atoms with E-state index in [1.807, 2.05) is 10.3 Å². The molecular weight excluding hydrogens is 298 g/mol. The number of phenolic OH excluding ortho intramolecular Hbond substituents is 1. The Labute approximate surface area is 120 Å². The molecule has 0 spiro atoms. The number of nitrogens with one attached hydrogen (secondary N) is 2. The molecule has 0 aliphatic heterocycles. The van der Waals surface area contributed by atoms with Crippen LogP contribution in [0.15, 0.2) is 33.7 Å². The molecule has 2 aromatic rings. The van der Waals surface area contributed by atoms with Gasteiger partial charge < -0.3 is 9.63 Å². The highest BCUT2D eigenvalue weighted by atomic mass is 32.2. The number of carbonyl (C=O) groups excluding carboxylic acids is 1. The average Bonchev–Trinajstić information content (AvgIpc) is 2.77. The SMILES string of the molecule is Cc1noc(C)c1S(=O)(=O)NNC(=O)c1ccccc1O. The summed E-state index contributed by atoms with van der Waals surface area (Å²) in [5.74, 6) is -0.938. The van der Waals surface area contributed by atoms with Crippen molar-refractivity contribution in [1.82, 2.24) is 15.4 Å². The summed E-state index contributed by atoms with van der Waals surface area (Å²) in [7, 11) is -4.01. The lowest BCUT2D eigenvalue weighted by Gasteiger charge is -2.08. The van der Waals surface area contributed by atoms with Gasteiger partial charge in [-0.3, -0.25) is 10.2 Å². The van der Waals surface area contributed by atoms with E-state index >= 15 is 0 Å². The van der Waals surface area contributed by atoms with E-state index in [1.54, 1.807) is 6.07 Å². The van der Waals surface area contributed by atoms with E-state index in [9.17, 15) is 18.3 Å². The smallest absolute Gasteiger partial charge is 0.269 e. The van der Waals surface area contributed by atoms with Crippen LogP contribution >= 0.6 is 0 Å². The van der Waals surface area contributed by atoms with E-state index in [0.717, 1.165) is 0 Å². The van der Waals surface area contributed by atoms with E-state index in [2.05, 4.69) is 5.16 Å². The van der Waals surface area contributed by atoms with Gasteiger partial charge in [-0.05, 0) is 26.0 Å². The lowest BCUT2D eigenvalue weighted by atomic mass is 10.2. The highest BCUT2D eigenvalue weighted by molar-refractivity contribution is 7.89. The minimum absolute atomic E-state index is 0.0565. The molecule has 0 fully saturated rings. The Kier molecular flexibility index (Phi) is 3.96. The second-order valence-electron chi connectivity index (χ2n) is 4.23. The van der Waals surface area contributed by atoms with Crippen LogP contribution in [-0.4, -0.2) is 24.6 Å². The van der Waals surface area contributed by atoms with Crippen LogP contribution in [0.4, 0.5) is 0 Å². The third-order valence-electron chi connectivity index (χ3n) is 2.68. The number of benzene rings is 1. The first-order chi connectivity index (χ1) is 9.83. The van der Waals surface area contributed by atoms with Crippen LogP contribution in [0.5, 0.6) is 5.75 Å². The zero-order valence-corrected chi connectivity index (χ0v) is 12.1. The average molecular weight is 311 g/mol. The lowest BCUT2D eigenvalue weighted by molar-refractivity contribution is 0.0942. The van der Waals surface area contributed by atoms with Gasteiger partial charge in [0.1, 0.15) is 16.3 Å². The van der Waals surface area contributed by atoms with Gasteiger partial charge in [-0.2, -0.15) is 0 Å². The van der Waals surface area contributed by atoms with Gasteiger partial charge in [0.15, 0.2) is 5.76 Å². The number of amides is 1. The maximum atomic E-state index is 12.1. The monoisotopic (exact) mass is 311 g/mol. The van der Waals surface area contributed by atoms with Crippen LogP contribution in [0.2, 0.25) is 0 Å². The van der Waals surface area contributed by atoms with Crippen molar-refractivity contribution in [3.05, 3.63) is 41.3 Å². The Morgan fingerprint density at radius 1 is 1.29 bits per heavy atom. The molecule has 0 saturated heterocycles. The van der Waals surface area contributed by atoms with Crippen LogP contribution in [-0.2, 0) is 10.0 Å². The summed E-state index contributed by atoms with van der Waals surface area (Å²) < 4.78 is 28.9. The molecule has 1 heterocycles. The molecular formula is C12H13N3O5S. The Balaban J connectivity index is 2.17. The minimum Gasteiger partial charge on any atom is -0.507 e. The van der Waals surface area contributed by atoms with Gasteiger partial charge in [0.2, 0.25) is 0 Å². The van der Waals surface area contributed by atoms with Crippen molar-refractivity contribution < 1.29 is 22.8 Å². The number of hydrazine groups is 1. The molecule has 3 N–H and O–H groups in total. The minimum atomic E-state index is -4.01. The van der Waals surface area contributed by atoms with Gasteiger partial charge in [0.05, 0.1) is 5.56 Å². The number of phenols is 1. The molecule has 0 radical (unpaired) electrons. The predicted octanol–water partition coefficient (Wildman–Crippen LogP) is 0.620. The molecule has 0 aliphatic rings. The Morgan fingerprint density at radius 3 is 2.52 bits per heavy atom. The van der Waals surface area contributed by atoms with E-state index in [-0.39, 0.29) is 27.7 Å². The molecule has 0 unspecified atom stereocenters. The standard InChI is InChI=1S/C12H13N3O5S/c1-7-11(8(2)20-14-7)21(18,19)15-13-12(17)9-5-3-4-6-10(9)16/h3-6,15-16H,1-2H3,(H,13,17). The van der Waals surface area contributed by atoms with Crippen molar-refractivity contribution >= 4 is 15.9 Å². The normalized spacial score (nSPS) is 11.3. The van der Waals surface area contributed by atoms with Crippen LogP contribution in [0, 0.1) is 13.8 Å². The summed E-state index contributed by atoms with van der Waals surface area (Å²) in [6, 6.07) is 5.75. The molecule has 0 saturated carbocycles. The number of hydrogen-bond donors (Lipinski definition) is 3. The Hall–Kier alpha value is -2.39. The largest absolute Gasteiger partial charge is 0.507 e. The molecule has 8 nitrogen and oxygen atoms in total. The summed E-state index contributed by atoms with van der Waals surface area (Å²) in [6.07, 6.45) is 0. The third kappa shape index (κ3) is 3.03. The van der Waals surface area contributed by atoms with Crippen LogP contribution in [0.3, 0.4) is 0 Å².